The number of fused-ring (bicyclic) bond motifs is 1. The van der Waals surface area contributed by atoms with E-state index >= 15 is 0 Å². The molecule has 0 bridgehead atoms. The van der Waals surface area contributed by atoms with Crippen LogP contribution >= 0.6 is 0 Å². The zero-order valence-electron chi connectivity index (χ0n) is 8.86. The third kappa shape index (κ3) is 2.15. The van der Waals surface area contributed by atoms with Crippen LogP contribution in [0.3, 0.4) is 0 Å². The SMILES string of the molecule is N[C@H](CO)C(=O)Nc1ccc2c(c1)NCC2. The highest BCUT2D eigenvalue weighted by Crippen LogP contribution is 2.25. The predicted octanol–water partition coefficient (Wildman–Crippen LogP) is -0.0873. The molecule has 1 aromatic carbocycles. The molecule has 0 radical (unpaired) electrons. The van der Waals surface area contributed by atoms with Crippen molar-refractivity contribution in [2.75, 3.05) is 23.8 Å². The average Bonchev–Trinajstić information content (AvgIpc) is 2.75. The van der Waals surface area contributed by atoms with Crippen LogP contribution in [0, 0.1) is 0 Å². The Kier molecular flexibility index (Phi) is 3.07. The van der Waals surface area contributed by atoms with Crippen LogP contribution in [0.25, 0.3) is 0 Å². The maximum Gasteiger partial charge on any atom is 0.243 e. The lowest BCUT2D eigenvalue weighted by Crippen LogP contribution is -2.38. The van der Waals surface area contributed by atoms with Crippen LogP contribution < -0.4 is 16.4 Å². The lowest BCUT2D eigenvalue weighted by molar-refractivity contribution is -0.118. The predicted molar refractivity (Wildman–Crippen MR) is 62.3 cm³/mol. The van der Waals surface area contributed by atoms with Crippen LogP contribution in [0.2, 0.25) is 0 Å². The van der Waals surface area contributed by atoms with E-state index in [2.05, 4.69) is 10.6 Å². The molecule has 5 N–H and O–H groups in total. The number of aliphatic hydroxyl groups is 1. The maximum atomic E-state index is 11.4. The highest BCUT2D eigenvalue weighted by atomic mass is 16.3. The van der Waals surface area contributed by atoms with Crippen LogP contribution in [-0.2, 0) is 11.2 Å². The van der Waals surface area contributed by atoms with E-state index in [0.717, 1.165) is 18.7 Å². The van der Waals surface area contributed by atoms with Gasteiger partial charge in [-0.2, -0.15) is 0 Å². The van der Waals surface area contributed by atoms with E-state index in [1.807, 2.05) is 18.2 Å². The Labute approximate surface area is 93.6 Å². The summed E-state index contributed by atoms with van der Waals surface area (Å²) in [5.41, 5.74) is 8.40. The van der Waals surface area contributed by atoms with E-state index in [1.165, 1.54) is 5.56 Å². The second-order valence-corrected chi connectivity index (χ2v) is 3.83. The van der Waals surface area contributed by atoms with Crippen molar-refractivity contribution < 1.29 is 9.90 Å². The van der Waals surface area contributed by atoms with Crippen molar-refractivity contribution in [1.82, 2.24) is 0 Å². The number of amides is 1. The number of benzene rings is 1. The fourth-order valence-electron chi connectivity index (χ4n) is 1.69. The van der Waals surface area contributed by atoms with Crippen molar-refractivity contribution in [1.29, 1.82) is 0 Å². The Hall–Kier alpha value is -1.59. The summed E-state index contributed by atoms with van der Waals surface area (Å²) in [6.45, 7) is 0.581. The minimum absolute atomic E-state index is 0.352. The molecule has 0 saturated heterocycles. The molecule has 1 heterocycles. The topological polar surface area (TPSA) is 87.4 Å². The van der Waals surface area contributed by atoms with E-state index in [-0.39, 0.29) is 12.5 Å². The van der Waals surface area contributed by atoms with Crippen molar-refractivity contribution in [3.63, 3.8) is 0 Å². The summed E-state index contributed by atoms with van der Waals surface area (Å²) < 4.78 is 0. The van der Waals surface area contributed by atoms with Crippen LogP contribution in [0.1, 0.15) is 5.56 Å². The Morgan fingerprint density at radius 3 is 3.19 bits per heavy atom. The molecule has 5 heteroatoms. The zero-order valence-corrected chi connectivity index (χ0v) is 8.86. The van der Waals surface area contributed by atoms with E-state index in [0.29, 0.717) is 5.69 Å². The number of nitrogens with one attached hydrogen (secondary N) is 2. The first kappa shape index (κ1) is 10.9. The fraction of sp³-hybridized carbons (Fsp3) is 0.364. The summed E-state index contributed by atoms with van der Waals surface area (Å²) in [7, 11) is 0. The number of hydrogen-bond donors (Lipinski definition) is 4. The van der Waals surface area contributed by atoms with Crippen molar-refractivity contribution in [3.05, 3.63) is 23.8 Å². The minimum atomic E-state index is -0.874. The van der Waals surface area contributed by atoms with Gasteiger partial charge in [0.1, 0.15) is 6.04 Å². The van der Waals surface area contributed by atoms with Gasteiger partial charge in [0.05, 0.1) is 6.61 Å². The van der Waals surface area contributed by atoms with Crippen LogP contribution in [-0.4, -0.2) is 30.2 Å². The molecule has 0 aliphatic carbocycles. The van der Waals surface area contributed by atoms with Gasteiger partial charge >= 0.3 is 0 Å². The summed E-state index contributed by atoms with van der Waals surface area (Å²) in [5, 5.41) is 14.6. The molecule has 2 rings (SSSR count). The third-order valence-electron chi connectivity index (χ3n) is 2.62. The molecule has 1 aliphatic rings. The summed E-state index contributed by atoms with van der Waals surface area (Å²) in [6.07, 6.45) is 1.01. The van der Waals surface area contributed by atoms with Gasteiger partial charge in [-0.25, -0.2) is 0 Å². The van der Waals surface area contributed by atoms with Gasteiger partial charge in [-0.15, -0.1) is 0 Å². The summed E-state index contributed by atoms with van der Waals surface area (Å²) in [5.74, 6) is -0.375. The second kappa shape index (κ2) is 4.51. The largest absolute Gasteiger partial charge is 0.394 e. The lowest BCUT2D eigenvalue weighted by atomic mass is 10.1. The van der Waals surface area contributed by atoms with Gasteiger partial charge < -0.3 is 21.5 Å². The van der Waals surface area contributed by atoms with Gasteiger partial charge in [-0.1, -0.05) is 6.07 Å². The Morgan fingerprint density at radius 1 is 1.62 bits per heavy atom. The zero-order chi connectivity index (χ0) is 11.5. The smallest absolute Gasteiger partial charge is 0.243 e. The monoisotopic (exact) mass is 221 g/mol. The Bertz CT molecular complexity index is 406. The highest BCUT2D eigenvalue weighted by molar-refractivity contribution is 5.95. The quantitative estimate of drug-likeness (QED) is 0.574. The van der Waals surface area contributed by atoms with Gasteiger partial charge in [0.15, 0.2) is 0 Å². The number of carbonyl (C=O) groups excluding carboxylic acids is 1. The molecular formula is C11H15N3O2. The molecule has 1 atom stereocenters. The van der Waals surface area contributed by atoms with Gasteiger partial charge in [-0.05, 0) is 24.1 Å². The summed E-state index contributed by atoms with van der Waals surface area (Å²) >= 11 is 0. The second-order valence-electron chi connectivity index (χ2n) is 3.83. The number of aliphatic hydroxyl groups excluding tert-OH is 1. The molecule has 1 aliphatic heterocycles. The van der Waals surface area contributed by atoms with Crippen molar-refractivity contribution in [2.24, 2.45) is 5.73 Å². The van der Waals surface area contributed by atoms with Crippen molar-refractivity contribution >= 4 is 17.3 Å². The molecule has 16 heavy (non-hydrogen) atoms. The first-order valence-electron chi connectivity index (χ1n) is 5.25. The van der Waals surface area contributed by atoms with Gasteiger partial charge in [-0.3, -0.25) is 4.79 Å². The summed E-state index contributed by atoms with van der Waals surface area (Å²) in [6, 6.07) is 4.83. The normalized spacial score (nSPS) is 15.1. The van der Waals surface area contributed by atoms with E-state index in [1.54, 1.807) is 0 Å². The molecule has 1 amide bonds. The highest BCUT2D eigenvalue weighted by Gasteiger charge is 2.14. The van der Waals surface area contributed by atoms with E-state index in [4.69, 9.17) is 10.8 Å². The molecular weight excluding hydrogens is 206 g/mol. The van der Waals surface area contributed by atoms with E-state index < -0.39 is 6.04 Å². The number of anilines is 2. The fourth-order valence-corrected chi connectivity index (χ4v) is 1.69. The number of carbonyl (C=O) groups is 1. The average molecular weight is 221 g/mol. The standard InChI is InChI=1S/C11H15N3O2/c12-9(6-15)11(16)14-8-2-1-7-3-4-13-10(7)5-8/h1-2,5,9,13,15H,3-4,6,12H2,(H,14,16)/t9-/m1/s1. The third-order valence-corrected chi connectivity index (χ3v) is 2.62. The van der Waals surface area contributed by atoms with Gasteiger partial charge in [0, 0.05) is 17.9 Å². The molecule has 0 unspecified atom stereocenters. The van der Waals surface area contributed by atoms with Crippen LogP contribution in [0.4, 0.5) is 11.4 Å². The number of nitrogens with two attached hydrogens (primary N) is 1. The Balaban J connectivity index is 2.08. The molecule has 0 spiro atoms. The molecule has 5 nitrogen and oxygen atoms in total. The van der Waals surface area contributed by atoms with Gasteiger partial charge in [0.2, 0.25) is 5.91 Å². The van der Waals surface area contributed by atoms with E-state index in [9.17, 15) is 4.79 Å². The number of rotatable bonds is 3. The van der Waals surface area contributed by atoms with Crippen molar-refractivity contribution in [2.45, 2.75) is 12.5 Å². The molecule has 0 saturated carbocycles. The van der Waals surface area contributed by atoms with Crippen LogP contribution in [0.5, 0.6) is 0 Å². The first-order chi connectivity index (χ1) is 7.70. The molecule has 1 aromatic rings. The molecule has 0 fully saturated rings. The molecule has 0 aromatic heterocycles. The van der Waals surface area contributed by atoms with Crippen molar-refractivity contribution in [3.8, 4) is 0 Å². The number of hydrogen-bond acceptors (Lipinski definition) is 4. The molecule has 86 valence electrons. The maximum absolute atomic E-state index is 11.4. The minimum Gasteiger partial charge on any atom is -0.394 e. The van der Waals surface area contributed by atoms with Crippen LogP contribution in [0.15, 0.2) is 18.2 Å². The summed E-state index contributed by atoms with van der Waals surface area (Å²) in [4.78, 5) is 11.4. The van der Waals surface area contributed by atoms with Gasteiger partial charge in [0.25, 0.3) is 0 Å². The first-order valence-corrected chi connectivity index (χ1v) is 5.25. The Morgan fingerprint density at radius 2 is 2.44 bits per heavy atom. The lowest BCUT2D eigenvalue weighted by Gasteiger charge is -2.10.